The van der Waals surface area contributed by atoms with Gasteiger partial charge in [-0.1, -0.05) is 11.6 Å². The highest BCUT2D eigenvalue weighted by atomic mass is 35.5. The molecule has 0 aromatic heterocycles. The number of hydrogen-bond donors (Lipinski definition) is 0. The molecule has 2 rings (SSSR count). The summed E-state index contributed by atoms with van der Waals surface area (Å²) in [5.74, 6) is -1.93. The van der Waals surface area contributed by atoms with Crippen LogP contribution in [0.3, 0.4) is 0 Å². The van der Waals surface area contributed by atoms with Gasteiger partial charge in [-0.05, 0) is 42.5 Å². The van der Waals surface area contributed by atoms with Crippen LogP contribution in [0.4, 0.5) is 17.6 Å². The molecule has 2 nitrogen and oxygen atoms in total. The molecule has 0 unspecified atom stereocenters. The summed E-state index contributed by atoms with van der Waals surface area (Å²) in [5, 5.41) is 0.137. The minimum Gasteiger partial charge on any atom is -0.406 e. The molecule has 0 radical (unpaired) electrons. The van der Waals surface area contributed by atoms with Crippen LogP contribution >= 0.6 is 11.6 Å². The third kappa shape index (κ3) is 3.95. The maximum atomic E-state index is 13.6. The maximum Gasteiger partial charge on any atom is 0.573 e. The Balaban J connectivity index is 2.24. The Hall–Kier alpha value is -2.08. The Morgan fingerprint density at radius 3 is 2.19 bits per heavy atom. The van der Waals surface area contributed by atoms with E-state index in [1.807, 2.05) is 0 Å². The van der Waals surface area contributed by atoms with Crippen molar-refractivity contribution in [1.29, 1.82) is 0 Å². The van der Waals surface area contributed by atoms with Gasteiger partial charge in [0, 0.05) is 10.6 Å². The number of carbonyl (C=O) groups is 1. The Morgan fingerprint density at radius 1 is 1.05 bits per heavy atom. The van der Waals surface area contributed by atoms with E-state index >= 15 is 0 Å². The summed E-state index contributed by atoms with van der Waals surface area (Å²) in [4.78, 5) is 12.0. The first-order valence-corrected chi connectivity index (χ1v) is 5.99. The lowest BCUT2D eigenvalue weighted by Gasteiger charge is -2.09. The average molecular weight is 319 g/mol. The zero-order valence-corrected chi connectivity index (χ0v) is 11.0. The van der Waals surface area contributed by atoms with Gasteiger partial charge in [-0.2, -0.15) is 0 Å². The van der Waals surface area contributed by atoms with Crippen molar-refractivity contribution < 1.29 is 27.1 Å². The number of benzene rings is 2. The van der Waals surface area contributed by atoms with Crippen LogP contribution in [-0.4, -0.2) is 12.1 Å². The van der Waals surface area contributed by atoms with Crippen molar-refractivity contribution in [3.05, 3.63) is 64.4 Å². The zero-order valence-electron chi connectivity index (χ0n) is 10.2. The Morgan fingerprint density at radius 2 is 1.67 bits per heavy atom. The molecule has 2 aromatic carbocycles. The fourth-order valence-corrected chi connectivity index (χ4v) is 1.80. The van der Waals surface area contributed by atoms with E-state index in [-0.39, 0.29) is 16.1 Å². The van der Waals surface area contributed by atoms with Crippen LogP contribution in [0.2, 0.25) is 5.02 Å². The normalized spacial score (nSPS) is 11.3. The molecule has 2 aromatic rings. The lowest BCUT2D eigenvalue weighted by molar-refractivity contribution is -0.274. The lowest BCUT2D eigenvalue weighted by atomic mass is 10.0. The fraction of sp³-hybridized carbons (Fsp3) is 0.0714. The molecule has 0 saturated carbocycles. The number of ketones is 1. The third-order valence-electron chi connectivity index (χ3n) is 2.53. The summed E-state index contributed by atoms with van der Waals surface area (Å²) in [5.41, 5.74) is -0.186. The summed E-state index contributed by atoms with van der Waals surface area (Å²) in [6, 6.07) is 7.74. The molecule has 110 valence electrons. The summed E-state index contributed by atoms with van der Waals surface area (Å²) in [6.07, 6.45) is -4.81. The molecule has 21 heavy (non-hydrogen) atoms. The summed E-state index contributed by atoms with van der Waals surface area (Å²) in [7, 11) is 0. The molecule has 0 fully saturated rings. The average Bonchev–Trinajstić information content (AvgIpc) is 2.37. The molecule has 0 spiro atoms. The SMILES string of the molecule is O=C(c1ccc(OC(F)(F)F)cc1)c1ccc(Cl)cc1F. The van der Waals surface area contributed by atoms with Gasteiger partial charge in [0.2, 0.25) is 0 Å². The van der Waals surface area contributed by atoms with Crippen molar-refractivity contribution in [3.8, 4) is 5.75 Å². The van der Waals surface area contributed by atoms with Crippen molar-refractivity contribution in [2.75, 3.05) is 0 Å². The molecule has 0 bridgehead atoms. The van der Waals surface area contributed by atoms with Crippen LogP contribution in [0.5, 0.6) is 5.75 Å². The second kappa shape index (κ2) is 5.73. The van der Waals surface area contributed by atoms with Gasteiger partial charge < -0.3 is 4.74 Å². The Kier molecular flexibility index (Phi) is 4.18. The van der Waals surface area contributed by atoms with E-state index in [2.05, 4.69) is 4.74 Å². The van der Waals surface area contributed by atoms with Gasteiger partial charge in [0.15, 0.2) is 5.78 Å². The molecule has 0 N–H and O–H groups in total. The molecule has 0 aliphatic heterocycles. The van der Waals surface area contributed by atoms with E-state index in [1.165, 1.54) is 12.1 Å². The van der Waals surface area contributed by atoms with Gasteiger partial charge in [-0.3, -0.25) is 4.79 Å². The van der Waals surface area contributed by atoms with Gasteiger partial charge in [-0.25, -0.2) is 4.39 Å². The zero-order chi connectivity index (χ0) is 15.6. The van der Waals surface area contributed by atoms with Crippen LogP contribution in [0.1, 0.15) is 15.9 Å². The molecule has 0 atom stereocenters. The molecule has 0 heterocycles. The number of rotatable bonds is 3. The molecule has 0 amide bonds. The van der Waals surface area contributed by atoms with Crippen LogP contribution in [-0.2, 0) is 0 Å². The van der Waals surface area contributed by atoms with Gasteiger partial charge in [-0.15, -0.1) is 13.2 Å². The standard InChI is InChI=1S/C14H7ClF4O2/c15-9-3-6-11(12(16)7-9)13(20)8-1-4-10(5-2-8)21-14(17,18)19/h1-7H. The van der Waals surface area contributed by atoms with Gasteiger partial charge >= 0.3 is 6.36 Å². The summed E-state index contributed by atoms with van der Waals surface area (Å²) >= 11 is 5.58. The fourth-order valence-electron chi connectivity index (χ4n) is 1.64. The van der Waals surface area contributed by atoms with Crippen LogP contribution in [0, 0.1) is 5.82 Å². The first kappa shape index (κ1) is 15.3. The van der Waals surface area contributed by atoms with Crippen molar-refractivity contribution in [3.63, 3.8) is 0 Å². The monoisotopic (exact) mass is 318 g/mol. The Labute approximate surface area is 121 Å². The highest BCUT2D eigenvalue weighted by molar-refractivity contribution is 6.30. The molecule has 7 heteroatoms. The van der Waals surface area contributed by atoms with E-state index in [0.29, 0.717) is 0 Å². The van der Waals surface area contributed by atoms with Crippen molar-refractivity contribution in [2.24, 2.45) is 0 Å². The molecule has 0 saturated heterocycles. The minimum atomic E-state index is -4.81. The number of ether oxygens (including phenoxy) is 1. The quantitative estimate of drug-likeness (QED) is 0.610. The molecular weight excluding hydrogens is 312 g/mol. The van der Waals surface area contributed by atoms with Crippen LogP contribution in [0.15, 0.2) is 42.5 Å². The van der Waals surface area contributed by atoms with E-state index in [1.54, 1.807) is 0 Å². The van der Waals surface area contributed by atoms with E-state index in [9.17, 15) is 22.4 Å². The highest BCUT2D eigenvalue weighted by Gasteiger charge is 2.31. The number of halogens is 5. The first-order valence-electron chi connectivity index (χ1n) is 5.62. The van der Waals surface area contributed by atoms with Gasteiger partial charge in [0.1, 0.15) is 11.6 Å². The lowest BCUT2D eigenvalue weighted by Crippen LogP contribution is -2.17. The van der Waals surface area contributed by atoms with E-state index in [0.717, 1.165) is 30.3 Å². The van der Waals surface area contributed by atoms with Crippen molar-refractivity contribution in [2.45, 2.75) is 6.36 Å². The number of carbonyl (C=O) groups excluding carboxylic acids is 1. The minimum absolute atomic E-state index is 0.0331. The largest absolute Gasteiger partial charge is 0.573 e. The van der Waals surface area contributed by atoms with Crippen LogP contribution < -0.4 is 4.74 Å². The number of hydrogen-bond acceptors (Lipinski definition) is 2. The number of alkyl halides is 3. The smallest absolute Gasteiger partial charge is 0.406 e. The maximum absolute atomic E-state index is 13.6. The van der Waals surface area contributed by atoms with Crippen LogP contribution in [0.25, 0.3) is 0 Å². The Bertz CT molecular complexity index is 666. The predicted octanol–water partition coefficient (Wildman–Crippen LogP) is 4.61. The van der Waals surface area contributed by atoms with E-state index < -0.39 is 23.7 Å². The van der Waals surface area contributed by atoms with Crippen molar-refractivity contribution >= 4 is 17.4 Å². The first-order chi connectivity index (χ1) is 9.76. The highest BCUT2D eigenvalue weighted by Crippen LogP contribution is 2.24. The van der Waals surface area contributed by atoms with Gasteiger partial charge in [0.05, 0.1) is 5.56 Å². The topological polar surface area (TPSA) is 26.3 Å². The summed E-state index contributed by atoms with van der Waals surface area (Å²) < 4.78 is 53.3. The molecular formula is C14H7ClF4O2. The van der Waals surface area contributed by atoms with Gasteiger partial charge in [0.25, 0.3) is 0 Å². The van der Waals surface area contributed by atoms with Crippen molar-refractivity contribution in [1.82, 2.24) is 0 Å². The van der Waals surface area contributed by atoms with E-state index in [4.69, 9.17) is 11.6 Å². The predicted molar refractivity (Wildman–Crippen MR) is 68.0 cm³/mol. The second-order valence-electron chi connectivity index (χ2n) is 4.03. The molecule has 0 aliphatic carbocycles. The molecule has 0 aliphatic rings. The second-order valence-corrected chi connectivity index (χ2v) is 4.46. The third-order valence-corrected chi connectivity index (χ3v) is 2.76. The summed E-state index contributed by atoms with van der Waals surface area (Å²) in [6.45, 7) is 0.